The van der Waals surface area contributed by atoms with Gasteiger partial charge in [-0.3, -0.25) is 4.99 Å². The van der Waals surface area contributed by atoms with Crippen molar-refractivity contribution in [2.45, 2.75) is 6.18 Å². The monoisotopic (exact) mass is 256 g/mol. The van der Waals surface area contributed by atoms with Crippen LogP contribution in [-0.2, 0) is 0 Å². The van der Waals surface area contributed by atoms with E-state index < -0.39 is 12.0 Å². The first-order valence-corrected chi connectivity index (χ1v) is 4.93. The summed E-state index contributed by atoms with van der Waals surface area (Å²) in [7, 11) is 1.47. The predicted octanol–water partition coefficient (Wildman–Crippen LogP) is 2.70. The van der Waals surface area contributed by atoms with Gasteiger partial charge in [-0.15, -0.1) is 6.42 Å². The molecule has 0 spiro atoms. The second-order valence-corrected chi connectivity index (χ2v) is 3.22. The minimum atomic E-state index is -4.57. The number of anilines is 1. The number of amidine groups is 1. The van der Waals surface area contributed by atoms with Crippen LogP contribution < -0.4 is 10.1 Å². The van der Waals surface area contributed by atoms with Crippen LogP contribution in [0.1, 0.15) is 0 Å². The van der Waals surface area contributed by atoms with E-state index in [4.69, 9.17) is 11.2 Å². The zero-order valence-electron chi connectivity index (χ0n) is 9.58. The molecule has 0 aliphatic rings. The molecule has 1 aromatic rings. The molecule has 3 nitrogen and oxygen atoms in total. The molecular formula is C12H11F3N2O. The second-order valence-electron chi connectivity index (χ2n) is 3.22. The van der Waals surface area contributed by atoms with Crippen molar-refractivity contribution in [1.82, 2.24) is 0 Å². The Labute approximate surface area is 103 Å². The lowest BCUT2D eigenvalue weighted by molar-refractivity contribution is -0.0588. The van der Waals surface area contributed by atoms with E-state index in [0.717, 1.165) is 0 Å². The number of hydrogen-bond acceptors (Lipinski definition) is 2. The molecule has 0 aliphatic carbocycles. The molecule has 0 saturated carbocycles. The van der Waals surface area contributed by atoms with Crippen molar-refractivity contribution in [1.29, 1.82) is 0 Å². The average molecular weight is 256 g/mol. The summed E-state index contributed by atoms with van der Waals surface area (Å²) in [5, 5.41) is 2.18. The highest BCUT2D eigenvalue weighted by atomic mass is 19.4. The summed E-state index contributed by atoms with van der Waals surface area (Å²) in [4.78, 5) is 3.26. The standard InChI is InChI=1S/C12H11F3N2O/c1-3-8-16-11(12(13,14)15)17-9-4-6-10(18-2)7-5-9/h1,4-7H,8H2,2H3,(H,16,17). The van der Waals surface area contributed by atoms with Gasteiger partial charge in [0.15, 0.2) is 0 Å². The van der Waals surface area contributed by atoms with Crippen LogP contribution in [-0.4, -0.2) is 25.7 Å². The molecule has 1 aromatic carbocycles. The number of alkyl halides is 3. The number of halogens is 3. The molecule has 18 heavy (non-hydrogen) atoms. The molecule has 0 heterocycles. The molecule has 0 aromatic heterocycles. The van der Waals surface area contributed by atoms with Gasteiger partial charge in [0.05, 0.1) is 7.11 Å². The molecule has 1 N–H and O–H groups in total. The van der Waals surface area contributed by atoms with Crippen LogP contribution in [0.2, 0.25) is 0 Å². The number of nitrogens with zero attached hydrogens (tertiary/aromatic N) is 1. The Hall–Kier alpha value is -2.16. The second kappa shape index (κ2) is 5.96. The topological polar surface area (TPSA) is 33.6 Å². The van der Waals surface area contributed by atoms with Gasteiger partial charge in [-0.2, -0.15) is 13.2 Å². The Morgan fingerprint density at radius 2 is 2.00 bits per heavy atom. The van der Waals surface area contributed by atoms with Crippen molar-refractivity contribution in [3.63, 3.8) is 0 Å². The number of terminal acetylenes is 1. The average Bonchev–Trinajstić information content (AvgIpc) is 2.34. The zero-order chi connectivity index (χ0) is 13.6. The Morgan fingerprint density at radius 1 is 1.39 bits per heavy atom. The van der Waals surface area contributed by atoms with Gasteiger partial charge in [-0.25, -0.2) is 0 Å². The maximum atomic E-state index is 12.6. The Kier molecular flexibility index (Phi) is 4.60. The molecule has 0 unspecified atom stereocenters. The first kappa shape index (κ1) is 13.9. The van der Waals surface area contributed by atoms with E-state index in [0.29, 0.717) is 5.75 Å². The summed E-state index contributed by atoms with van der Waals surface area (Å²) < 4.78 is 42.7. The molecule has 0 amide bonds. The number of ether oxygens (including phenoxy) is 1. The fourth-order valence-corrected chi connectivity index (χ4v) is 1.14. The van der Waals surface area contributed by atoms with Crippen molar-refractivity contribution in [3.05, 3.63) is 24.3 Å². The van der Waals surface area contributed by atoms with E-state index >= 15 is 0 Å². The normalized spacial score (nSPS) is 11.8. The van der Waals surface area contributed by atoms with E-state index in [1.807, 2.05) is 5.92 Å². The van der Waals surface area contributed by atoms with Crippen LogP contribution in [0.3, 0.4) is 0 Å². The molecule has 0 atom stereocenters. The molecule has 0 aliphatic heterocycles. The number of methoxy groups -OCH3 is 1. The lowest BCUT2D eigenvalue weighted by Gasteiger charge is -2.12. The third-order valence-electron chi connectivity index (χ3n) is 1.95. The molecule has 0 bridgehead atoms. The molecule has 1 rings (SSSR count). The van der Waals surface area contributed by atoms with E-state index in [-0.39, 0.29) is 12.2 Å². The fourth-order valence-electron chi connectivity index (χ4n) is 1.14. The maximum absolute atomic E-state index is 12.6. The van der Waals surface area contributed by atoms with Gasteiger partial charge in [0.1, 0.15) is 12.3 Å². The summed E-state index contributed by atoms with van der Waals surface area (Å²) in [5.74, 6) is 1.46. The molecule has 96 valence electrons. The molecule has 6 heteroatoms. The van der Waals surface area contributed by atoms with E-state index in [9.17, 15) is 13.2 Å². The Morgan fingerprint density at radius 3 is 2.44 bits per heavy atom. The van der Waals surface area contributed by atoms with Crippen LogP contribution in [0.25, 0.3) is 0 Å². The lowest BCUT2D eigenvalue weighted by Crippen LogP contribution is -2.30. The number of hydrogen-bond donors (Lipinski definition) is 1. The van der Waals surface area contributed by atoms with Gasteiger partial charge < -0.3 is 10.1 Å². The van der Waals surface area contributed by atoms with Gasteiger partial charge in [0, 0.05) is 5.69 Å². The van der Waals surface area contributed by atoms with Crippen LogP contribution in [0.5, 0.6) is 5.75 Å². The van der Waals surface area contributed by atoms with Gasteiger partial charge in [-0.1, -0.05) is 5.92 Å². The van der Waals surface area contributed by atoms with Gasteiger partial charge in [0.2, 0.25) is 5.84 Å². The Balaban J connectivity index is 2.86. The largest absolute Gasteiger partial charge is 0.497 e. The predicted molar refractivity (Wildman–Crippen MR) is 63.8 cm³/mol. The number of benzene rings is 1. The summed E-state index contributed by atoms with van der Waals surface area (Å²) in [6.45, 7) is -0.335. The van der Waals surface area contributed by atoms with Crippen molar-refractivity contribution in [2.24, 2.45) is 4.99 Å². The van der Waals surface area contributed by atoms with Crippen molar-refractivity contribution in [3.8, 4) is 18.1 Å². The van der Waals surface area contributed by atoms with Gasteiger partial charge in [0.25, 0.3) is 0 Å². The molecule has 0 saturated heterocycles. The van der Waals surface area contributed by atoms with Crippen LogP contribution >= 0.6 is 0 Å². The first-order valence-electron chi connectivity index (χ1n) is 4.93. The van der Waals surface area contributed by atoms with E-state index in [2.05, 4.69) is 10.3 Å². The minimum absolute atomic E-state index is 0.254. The smallest absolute Gasteiger partial charge is 0.449 e. The summed E-state index contributed by atoms with van der Waals surface area (Å²) in [5.41, 5.74) is 0.254. The molecule has 0 radical (unpaired) electrons. The first-order chi connectivity index (χ1) is 8.47. The maximum Gasteiger partial charge on any atom is 0.449 e. The quantitative estimate of drug-likeness (QED) is 0.512. The van der Waals surface area contributed by atoms with Crippen molar-refractivity contribution >= 4 is 11.5 Å². The highest BCUT2D eigenvalue weighted by molar-refractivity contribution is 5.99. The van der Waals surface area contributed by atoms with Crippen LogP contribution in [0.15, 0.2) is 29.3 Å². The lowest BCUT2D eigenvalue weighted by atomic mass is 10.3. The van der Waals surface area contributed by atoms with Crippen molar-refractivity contribution < 1.29 is 17.9 Å². The van der Waals surface area contributed by atoms with E-state index in [1.54, 1.807) is 0 Å². The molecule has 0 fully saturated rings. The highest BCUT2D eigenvalue weighted by Crippen LogP contribution is 2.21. The van der Waals surface area contributed by atoms with E-state index in [1.165, 1.54) is 31.4 Å². The third-order valence-corrected chi connectivity index (χ3v) is 1.95. The molecular weight excluding hydrogens is 245 g/mol. The highest BCUT2D eigenvalue weighted by Gasteiger charge is 2.35. The van der Waals surface area contributed by atoms with Crippen LogP contribution in [0, 0.1) is 12.3 Å². The SMILES string of the molecule is C#CCN=C(Nc1ccc(OC)cc1)C(F)(F)F. The summed E-state index contributed by atoms with van der Waals surface area (Å²) in [6, 6.07) is 5.99. The fraction of sp³-hybridized carbons (Fsp3) is 0.250. The summed E-state index contributed by atoms with van der Waals surface area (Å²) in [6.07, 6.45) is 0.310. The Bertz CT molecular complexity index is 458. The summed E-state index contributed by atoms with van der Waals surface area (Å²) >= 11 is 0. The van der Waals surface area contributed by atoms with Crippen molar-refractivity contribution in [2.75, 3.05) is 19.0 Å². The van der Waals surface area contributed by atoms with Gasteiger partial charge >= 0.3 is 6.18 Å². The van der Waals surface area contributed by atoms with Gasteiger partial charge in [-0.05, 0) is 24.3 Å². The van der Waals surface area contributed by atoms with Crippen LogP contribution in [0.4, 0.5) is 18.9 Å². The third kappa shape index (κ3) is 4.01. The number of rotatable bonds is 3. The minimum Gasteiger partial charge on any atom is -0.497 e. The number of nitrogens with one attached hydrogen (secondary N) is 1. The number of aliphatic imine (C=N–C) groups is 1. The zero-order valence-corrected chi connectivity index (χ0v) is 9.58.